The molecule has 0 heterocycles. The highest BCUT2D eigenvalue weighted by molar-refractivity contribution is 5.32. The molecule has 0 N–H and O–H groups in total. The second-order valence-electron chi connectivity index (χ2n) is 4.75. The Balaban J connectivity index is 0.000000494. The summed E-state index contributed by atoms with van der Waals surface area (Å²) in [6.45, 7) is 15.9. The van der Waals surface area contributed by atoms with E-state index >= 15 is 0 Å². The maximum Gasteiger partial charge on any atom is -0.00670 e. The number of allylic oxidation sites excluding steroid dienone is 10. The van der Waals surface area contributed by atoms with E-state index in [1.165, 1.54) is 16.7 Å². The van der Waals surface area contributed by atoms with Crippen LogP contribution in [0, 0.1) is 0 Å². The van der Waals surface area contributed by atoms with Crippen LogP contribution in [0.4, 0.5) is 0 Å². The first kappa shape index (κ1) is 16.4. The zero-order valence-corrected chi connectivity index (χ0v) is 12.3. The largest absolute Gasteiger partial charge is 0.0988 e. The van der Waals surface area contributed by atoms with E-state index in [0.717, 1.165) is 18.4 Å². The van der Waals surface area contributed by atoms with Gasteiger partial charge >= 0.3 is 0 Å². The molecule has 0 fully saturated rings. The van der Waals surface area contributed by atoms with E-state index in [9.17, 15) is 0 Å². The molecule has 0 bridgehead atoms. The van der Waals surface area contributed by atoms with Crippen molar-refractivity contribution >= 4 is 0 Å². The Bertz CT molecular complexity index is 394. The number of hydrogen-bond acceptors (Lipinski definition) is 0. The molecule has 0 saturated heterocycles. The minimum atomic E-state index is 0.942. The molecule has 0 amide bonds. The lowest BCUT2D eigenvalue weighted by Gasteiger charge is -2.02. The van der Waals surface area contributed by atoms with Crippen LogP contribution >= 0.6 is 0 Å². The van der Waals surface area contributed by atoms with Gasteiger partial charge < -0.3 is 0 Å². The van der Waals surface area contributed by atoms with Crippen LogP contribution in [0.5, 0.6) is 0 Å². The quantitative estimate of drug-likeness (QED) is 0.425. The fraction of sp³-hybridized carbons (Fsp3) is 0.333. The van der Waals surface area contributed by atoms with Crippen molar-refractivity contribution in [1.82, 2.24) is 0 Å². The van der Waals surface area contributed by atoms with Crippen LogP contribution in [0.1, 0.15) is 40.5 Å². The molecule has 0 aromatic heterocycles. The Morgan fingerprint density at radius 2 is 1.94 bits per heavy atom. The first-order valence-electron chi connectivity index (χ1n) is 6.42. The van der Waals surface area contributed by atoms with E-state index in [4.69, 9.17) is 0 Å². The van der Waals surface area contributed by atoms with Gasteiger partial charge in [0.05, 0.1) is 0 Å². The third-order valence-corrected chi connectivity index (χ3v) is 2.66. The topological polar surface area (TPSA) is 0 Å². The minimum absolute atomic E-state index is 0.942. The molecule has 0 atom stereocenters. The second kappa shape index (κ2) is 9.47. The summed E-state index contributed by atoms with van der Waals surface area (Å²) in [6, 6.07) is 0. The van der Waals surface area contributed by atoms with Crippen LogP contribution < -0.4 is 0 Å². The highest BCUT2D eigenvalue weighted by atomic mass is 14.0. The highest BCUT2D eigenvalue weighted by Gasteiger charge is 1.98. The molecule has 0 aliphatic heterocycles. The smallest absolute Gasteiger partial charge is 0.00670 e. The second-order valence-corrected chi connectivity index (χ2v) is 4.75. The predicted octanol–water partition coefficient (Wildman–Crippen LogP) is 5.92. The lowest BCUT2D eigenvalue weighted by molar-refractivity contribution is 1.08. The number of rotatable bonds is 3. The van der Waals surface area contributed by atoms with Crippen molar-refractivity contribution in [1.29, 1.82) is 0 Å². The molecule has 0 unspecified atom stereocenters. The SMILES string of the molecule is C=CC(=C)CC1=CC=C(C)C=CC1.CC=C(C)C. The zero-order chi connectivity index (χ0) is 14.0. The molecule has 0 heteroatoms. The fourth-order valence-corrected chi connectivity index (χ4v) is 1.26. The molecular formula is C18H26. The zero-order valence-electron chi connectivity index (χ0n) is 12.3. The third-order valence-electron chi connectivity index (χ3n) is 2.66. The molecule has 0 nitrogen and oxygen atoms in total. The van der Waals surface area contributed by atoms with E-state index in [-0.39, 0.29) is 0 Å². The summed E-state index contributed by atoms with van der Waals surface area (Å²) < 4.78 is 0. The average molecular weight is 242 g/mol. The highest BCUT2D eigenvalue weighted by Crippen LogP contribution is 2.17. The number of hydrogen-bond donors (Lipinski definition) is 0. The van der Waals surface area contributed by atoms with Crippen molar-refractivity contribution in [2.45, 2.75) is 40.5 Å². The Labute approximate surface area is 113 Å². The Morgan fingerprint density at radius 3 is 2.44 bits per heavy atom. The molecule has 0 saturated carbocycles. The Hall–Kier alpha value is -1.56. The average Bonchev–Trinajstić information content (AvgIpc) is 2.55. The van der Waals surface area contributed by atoms with E-state index < -0.39 is 0 Å². The van der Waals surface area contributed by atoms with Crippen LogP contribution in [0.2, 0.25) is 0 Å². The summed E-state index contributed by atoms with van der Waals surface area (Å²) in [6.07, 6.45) is 14.6. The molecule has 0 aromatic rings. The Kier molecular flexibility index (Phi) is 8.65. The summed E-state index contributed by atoms with van der Waals surface area (Å²) >= 11 is 0. The van der Waals surface area contributed by atoms with Gasteiger partial charge in [0.1, 0.15) is 0 Å². The van der Waals surface area contributed by atoms with Gasteiger partial charge in [-0.1, -0.05) is 71.9 Å². The van der Waals surface area contributed by atoms with Gasteiger partial charge in [-0.2, -0.15) is 0 Å². The van der Waals surface area contributed by atoms with Crippen molar-refractivity contribution in [3.63, 3.8) is 0 Å². The predicted molar refractivity (Wildman–Crippen MR) is 84.7 cm³/mol. The van der Waals surface area contributed by atoms with E-state index in [1.807, 2.05) is 13.0 Å². The monoisotopic (exact) mass is 242 g/mol. The van der Waals surface area contributed by atoms with Gasteiger partial charge in [0.25, 0.3) is 0 Å². The summed E-state index contributed by atoms with van der Waals surface area (Å²) in [5, 5.41) is 0. The molecule has 98 valence electrons. The van der Waals surface area contributed by atoms with Crippen molar-refractivity contribution in [3.05, 3.63) is 71.9 Å². The molecule has 1 aliphatic rings. The van der Waals surface area contributed by atoms with Gasteiger partial charge in [0.15, 0.2) is 0 Å². The summed E-state index contributed by atoms with van der Waals surface area (Å²) in [4.78, 5) is 0. The lowest BCUT2D eigenvalue weighted by Crippen LogP contribution is -1.82. The first-order valence-corrected chi connectivity index (χ1v) is 6.42. The van der Waals surface area contributed by atoms with Crippen LogP contribution in [0.25, 0.3) is 0 Å². The molecule has 0 aromatic carbocycles. The summed E-state index contributed by atoms with van der Waals surface area (Å²) in [7, 11) is 0. The fourth-order valence-electron chi connectivity index (χ4n) is 1.26. The van der Waals surface area contributed by atoms with Gasteiger partial charge in [-0.25, -0.2) is 0 Å². The van der Waals surface area contributed by atoms with Crippen molar-refractivity contribution in [2.24, 2.45) is 0 Å². The standard InChI is InChI=1S/C13H16.C5H10/c1-4-11(2)10-13-7-5-6-12(3)8-9-13;1-4-5(2)3/h4-6,8-9H,1-2,7,10H2,3H3;4H,1-3H3. The molecular weight excluding hydrogens is 216 g/mol. The van der Waals surface area contributed by atoms with Crippen molar-refractivity contribution in [3.8, 4) is 0 Å². The van der Waals surface area contributed by atoms with Gasteiger partial charge in [0, 0.05) is 0 Å². The van der Waals surface area contributed by atoms with Crippen LogP contribution in [0.15, 0.2) is 71.9 Å². The third kappa shape index (κ3) is 8.58. The maximum absolute atomic E-state index is 3.91. The molecule has 18 heavy (non-hydrogen) atoms. The van der Waals surface area contributed by atoms with E-state index in [0.29, 0.717) is 0 Å². The lowest BCUT2D eigenvalue weighted by atomic mass is 10.0. The van der Waals surface area contributed by atoms with Crippen molar-refractivity contribution < 1.29 is 0 Å². The maximum atomic E-state index is 3.91. The van der Waals surface area contributed by atoms with E-state index in [2.05, 4.69) is 64.3 Å². The normalized spacial score (nSPS) is 13.3. The van der Waals surface area contributed by atoms with Gasteiger partial charge in [0.2, 0.25) is 0 Å². The van der Waals surface area contributed by atoms with Gasteiger partial charge in [-0.3, -0.25) is 0 Å². The van der Waals surface area contributed by atoms with Crippen LogP contribution in [-0.2, 0) is 0 Å². The van der Waals surface area contributed by atoms with Crippen molar-refractivity contribution in [2.75, 3.05) is 0 Å². The minimum Gasteiger partial charge on any atom is -0.0988 e. The Morgan fingerprint density at radius 1 is 1.33 bits per heavy atom. The molecule has 0 spiro atoms. The van der Waals surface area contributed by atoms with Crippen LogP contribution in [-0.4, -0.2) is 0 Å². The molecule has 1 aliphatic carbocycles. The van der Waals surface area contributed by atoms with Crippen LogP contribution in [0.3, 0.4) is 0 Å². The van der Waals surface area contributed by atoms with Gasteiger partial charge in [-0.05, 0) is 40.5 Å². The van der Waals surface area contributed by atoms with Gasteiger partial charge in [-0.15, -0.1) is 0 Å². The molecule has 1 rings (SSSR count). The summed E-state index contributed by atoms with van der Waals surface area (Å²) in [5.41, 5.74) is 5.18. The van der Waals surface area contributed by atoms with E-state index in [1.54, 1.807) is 0 Å². The molecule has 0 radical (unpaired) electrons. The summed E-state index contributed by atoms with van der Waals surface area (Å²) in [5.74, 6) is 0. The first-order chi connectivity index (χ1) is 8.49.